The van der Waals surface area contributed by atoms with Crippen LogP contribution >= 0.6 is 0 Å². The number of rotatable bonds is 8. The highest BCUT2D eigenvalue weighted by Gasteiger charge is 2.11. The number of nitrogens with zero attached hydrogens (tertiary/aromatic N) is 5. The van der Waals surface area contributed by atoms with Crippen molar-refractivity contribution >= 4 is 17.7 Å². The fourth-order valence-corrected chi connectivity index (χ4v) is 3.83. The Morgan fingerprint density at radius 3 is 2.54 bits per heavy atom. The van der Waals surface area contributed by atoms with Crippen molar-refractivity contribution in [2.24, 2.45) is 0 Å². The average Bonchev–Trinajstić information content (AvgIpc) is 3.55. The lowest BCUT2D eigenvalue weighted by molar-refractivity contribution is -0.111. The predicted molar refractivity (Wildman–Crippen MR) is 136 cm³/mol. The molecule has 5 aromatic rings. The van der Waals surface area contributed by atoms with Gasteiger partial charge in [-0.3, -0.25) is 19.1 Å². The summed E-state index contributed by atoms with van der Waals surface area (Å²) in [7, 11) is 0. The third-order valence-corrected chi connectivity index (χ3v) is 5.49. The van der Waals surface area contributed by atoms with Gasteiger partial charge in [0.1, 0.15) is 5.69 Å². The molecular formula is C28H24N6O. The number of carbonyl (C=O) groups is 1. The number of aromatic nitrogens is 5. The SMILES string of the molecule is O=C(C=Cc1cn(Cc2ccccc2)nc1-c1cccnc1)Nc1ccccc1Cn1cccn1. The van der Waals surface area contributed by atoms with Crippen molar-refractivity contribution in [1.29, 1.82) is 0 Å². The molecule has 35 heavy (non-hydrogen) atoms. The first kappa shape index (κ1) is 22.0. The van der Waals surface area contributed by atoms with Gasteiger partial charge in [0, 0.05) is 53.9 Å². The fourth-order valence-electron chi connectivity index (χ4n) is 3.83. The molecule has 1 N–H and O–H groups in total. The summed E-state index contributed by atoms with van der Waals surface area (Å²) in [6, 6.07) is 23.6. The van der Waals surface area contributed by atoms with Gasteiger partial charge >= 0.3 is 0 Å². The van der Waals surface area contributed by atoms with E-state index in [1.54, 1.807) is 24.7 Å². The topological polar surface area (TPSA) is 77.6 Å². The lowest BCUT2D eigenvalue weighted by Gasteiger charge is -2.10. The van der Waals surface area contributed by atoms with Crippen LogP contribution in [0.1, 0.15) is 16.7 Å². The summed E-state index contributed by atoms with van der Waals surface area (Å²) >= 11 is 0. The summed E-state index contributed by atoms with van der Waals surface area (Å²) in [5, 5.41) is 12.0. The number of hydrogen-bond donors (Lipinski definition) is 1. The molecule has 0 spiro atoms. The average molecular weight is 461 g/mol. The summed E-state index contributed by atoms with van der Waals surface area (Å²) in [6.07, 6.45) is 12.4. The monoisotopic (exact) mass is 460 g/mol. The third-order valence-electron chi connectivity index (χ3n) is 5.49. The van der Waals surface area contributed by atoms with E-state index in [1.807, 2.05) is 82.4 Å². The summed E-state index contributed by atoms with van der Waals surface area (Å²) in [5.41, 5.74) is 5.39. The van der Waals surface area contributed by atoms with E-state index in [2.05, 4.69) is 27.5 Å². The normalized spacial score (nSPS) is 11.1. The van der Waals surface area contributed by atoms with Gasteiger partial charge in [-0.15, -0.1) is 0 Å². The van der Waals surface area contributed by atoms with Crippen LogP contribution < -0.4 is 5.32 Å². The van der Waals surface area contributed by atoms with Crippen molar-refractivity contribution in [1.82, 2.24) is 24.5 Å². The van der Waals surface area contributed by atoms with Gasteiger partial charge in [0.25, 0.3) is 0 Å². The van der Waals surface area contributed by atoms with Crippen molar-refractivity contribution in [3.63, 3.8) is 0 Å². The summed E-state index contributed by atoms with van der Waals surface area (Å²) in [5.74, 6) is -0.217. The van der Waals surface area contributed by atoms with Gasteiger partial charge < -0.3 is 5.32 Å². The standard InChI is InChI=1S/C28H24N6O/c35-27(31-26-12-5-4-10-24(26)20-33-17-7-16-30-33)14-13-25-21-34(19-22-8-2-1-3-9-22)32-28(25)23-11-6-15-29-18-23/h1-18,21H,19-20H2,(H,31,35). The number of amides is 1. The summed E-state index contributed by atoms with van der Waals surface area (Å²) < 4.78 is 3.71. The molecule has 0 radical (unpaired) electrons. The molecule has 0 bridgehead atoms. The number of hydrogen-bond acceptors (Lipinski definition) is 4. The number of para-hydroxylation sites is 1. The molecule has 0 aliphatic heterocycles. The van der Waals surface area contributed by atoms with Crippen LogP contribution in [0.3, 0.4) is 0 Å². The van der Waals surface area contributed by atoms with Crippen molar-refractivity contribution in [2.75, 3.05) is 5.32 Å². The number of carbonyl (C=O) groups excluding carboxylic acids is 1. The Balaban J connectivity index is 1.37. The minimum absolute atomic E-state index is 0.217. The number of pyridine rings is 1. The lowest BCUT2D eigenvalue weighted by atomic mass is 10.1. The van der Waals surface area contributed by atoms with Crippen molar-refractivity contribution in [3.8, 4) is 11.3 Å². The molecule has 7 heteroatoms. The summed E-state index contributed by atoms with van der Waals surface area (Å²) in [4.78, 5) is 17.1. The maximum Gasteiger partial charge on any atom is 0.248 e. The van der Waals surface area contributed by atoms with Crippen molar-refractivity contribution in [2.45, 2.75) is 13.1 Å². The Hall–Kier alpha value is -4.78. The Bertz CT molecular complexity index is 1420. The van der Waals surface area contributed by atoms with Gasteiger partial charge in [0.15, 0.2) is 0 Å². The molecule has 2 aromatic carbocycles. The third kappa shape index (κ3) is 5.59. The van der Waals surface area contributed by atoms with Crippen molar-refractivity contribution in [3.05, 3.63) is 127 Å². The zero-order valence-electron chi connectivity index (χ0n) is 19.0. The predicted octanol–water partition coefficient (Wildman–Crippen LogP) is 4.89. The van der Waals surface area contributed by atoms with Gasteiger partial charge in [-0.2, -0.15) is 10.2 Å². The first-order chi connectivity index (χ1) is 17.2. The Morgan fingerprint density at radius 1 is 0.886 bits per heavy atom. The number of nitrogens with one attached hydrogen (secondary N) is 1. The maximum atomic E-state index is 12.8. The molecule has 5 rings (SSSR count). The minimum atomic E-state index is -0.217. The van der Waals surface area contributed by atoms with E-state index in [0.717, 1.165) is 33.6 Å². The van der Waals surface area contributed by atoms with Crippen LogP contribution in [0.25, 0.3) is 17.3 Å². The van der Waals surface area contributed by atoms with E-state index in [9.17, 15) is 4.79 Å². The van der Waals surface area contributed by atoms with E-state index in [0.29, 0.717) is 13.1 Å². The molecule has 3 heterocycles. The molecule has 172 valence electrons. The van der Waals surface area contributed by atoms with Crippen LogP contribution in [0.2, 0.25) is 0 Å². The fraction of sp³-hybridized carbons (Fsp3) is 0.0714. The molecule has 0 unspecified atom stereocenters. The van der Waals surface area contributed by atoms with Crippen LogP contribution in [0.5, 0.6) is 0 Å². The quantitative estimate of drug-likeness (QED) is 0.335. The van der Waals surface area contributed by atoms with Crippen molar-refractivity contribution < 1.29 is 4.79 Å². The number of anilines is 1. The van der Waals surface area contributed by atoms with E-state index >= 15 is 0 Å². The molecule has 0 saturated heterocycles. The van der Waals surface area contributed by atoms with Gasteiger partial charge in [-0.05, 0) is 41.5 Å². The minimum Gasteiger partial charge on any atom is -0.322 e. The maximum absolute atomic E-state index is 12.8. The Labute approximate surface area is 203 Å². The van der Waals surface area contributed by atoms with Crippen LogP contribution in [0.4, 0.5) is 5.69 Å². The highest BCUT2D eigenvalue weighted by atomic mass is 16.1. The van der Waals surface area contributed by atoms with E-state index in [-0.39, 0.29) is 5.91 Å². The van der Waals surface area contributed by atoms with E-state index < -0.39 is 0 Å². The smallest absolute Gasteiger partial charge is 0.248 e. The molecule has 0 aliphatic rings. The van der Waals surface area contributed by atoms with Crippen LogP contribution in [-0.2, 0) is 17.9 Å². The second kappa shape index (κ2) is 10.4. The first-order valence-corrected chi connectivity index (χ1v) is 11.3. The molecule has 7 nitrogen and oxygen atoms in total. The highest BCUT2D eigenvalue weighted by molar-refractivity contribution is 6.02. The lowest BCUT2D eigenvalue weighted by Crippen LogP contribution is -2.11. The molecule has 3 aromatic heterocycles. The zero-order valence-corrected chi connectivity index (χ0v) is 19.0. The molecule has 0 saturated carbocycles. The Kier molecular flexibility index (Phi) is 6.57. The van der Waals surface area contributed by atoms with Gasteiger partial charge in [0.05, 0.1) is 13.1 Å². The Morgan fingerprint density at radius 2 is 1.74 bits per heavy atom. The summed E-state index contributed by atoms with van der Waals surface area (Å²) in [6.45, 7) is 1.21. The number of benzene rings is 2. The highest BCUT2D eigenvalue weighted by Crippen LogP contribution is 2.23. The molecular weight excluding hydrogens is 436 g/mol. The van der Waals surface area contributed by atoms with Gasteiger partial charge in [-0.25, -0.2) is 0 Å². The van der Waals surface area contributed by atoms with Gasteiger partial charge in [0.2, 0.25) is 5.91 Å². The molecule has 0 atom stereocenters. The molecule has 0 fully saturated rings. The molecule has 0 aliphatic carbocycles. The van der Waals surface area contributed by atoms with E-state index in [4.69, 9.17) is 5.10 Å². The van der Waals surface area contributed by atoms with Gasteiger partial charge in [-0.1, -0.05) is 48.5 Å². The van der Waals surface area contributed by atoms with Crippen LogP contribution in [0, 0.1) is 0 Å². The second-order valence-electron chi connectivity index (χ2n) is 8.04. The largest absolute Gasteiger partial charge is 0.322 e. The zero-order chi connectivity index (χ0) is 23.9. The molecule has 1 amide bonds. The van der Waals surface area contributed by atoms with E-state index in [1.165, 1.54) is 6.08 Å². The van der Waals surface area contributed by atoms with Crippen LogP contribution in [0.15, 0.2) is 110 Å². The van der Waals surface area contributed by atoms with Crippen LogP contribution in [-0.4, -0.2) is 30.5 Å². The first-order valence-electron chi connectivity index (χ1n) is 11.3. The second-order valence-corrected chi connectivity index (χ2v) is 8.04.